The highest BCUT2D eigenvalue weighted by molar-refractivity contribution is 5.92. The predicted octanol–water partition coefficient (Wildman–Crippen LogP) is 0.714. The topological polar surface area (TPSA) is 166 Å². The van der Waals surface area contributed by atoms with Gasteiger partial charge >= 0.3 is 5.97 Å². The summed E-state index contributed by atoms with van der Waals surface area (Å²) in [4.78, 5) is 47.1. The van der Waals surface area contributed by atoms with Crippen molar-refractivity contribution in [3.63, 3.8) is 0 Å². The van der Waals surface area contributed by atoms with E-state index >= 15 is 0 Å². The standard InChI is InChI=1S/C22H28N6O4/c1-12(2)19(22(31)32)28-21(30)18(8-14-10-24-11-26-14)27-20(29)16(23)7-13-9-25-17-6-4-3-5-15(13)17/h3-6,9-12,16,18-19,25H,7-8,23H2,1-2H3,(H,24,26)(H,27,29)(H,28,30)(H,31,32)/t16-,18-,19-/m0/s1. The molecule has 0 aliphatic heterocycles. The molecule has 0 unspecified atom stereocenters. The fourth-order valence-electron chi connectivity index (χ4n) is 3.50. The number of carboxylic acids is 1. The van der Waals surface area contributed by atoms with Crippen LogP contribution in [0.1, 0.15) is 25.1 Å². The Morgan fingerprint density at radius 1 is 1.09 bits per heavy atom. The third-order valence-electron chi connectivity index (χ3n) is 5.29. The van der Waals surface area contributed by atoms with Gasteiger partial charge in [0.25, 0.3) is 0 Å². The molecule has 0 bridgehead atoms. The van der Waals surface area contributed by atoms with Crippen LogP contribution < -0.4 is 16.4 Å². The number of hydrogen-bond donors (Lipinski definition) is 6. The van der Waals surface area contributed by atoms with E-state index in [9.17, 15) is 19.5 Å². The Bertz CT molecular complexity index is 1080. The Morgan fingerprint density at radius 3 is 2.50 bits per heavy atom. The predicted molar refractivity (Wildman–Crippen MR) is 119 cm³/mol. The number of fused-ring (bicyclic) bond motifs is 1. The normalized spacial score (nSPS) is 14.1. The number of amides is 2. The number of aromatic nitrogens is 3. The van der Waals surface area contributed by atoms with Crippen molar-refractivity contribution >= 4 is 28.7 Å². The summed E-state index contributed by atoms with van der Waals surface area (Å²) in [7, 11) is 0. The summed E-state index contributed by atoms with van der Waals surface area (Å²) in [6.45, 7) is 3.39. The maximum absolute atomic E-state index is 12.9. The minimum atomic E-state index is -1.14. The lowest BCUT2D eigenvalue weighted by Crippen LogP contribution is -2.56. The van der Waals surface area contributed by atoms with E-state index in [2.05, 4.69) is 25.6 Å². The number of hydrogen-bond acceptors (Lipinski definition) is 5. The summed E-state index contributed by atoms with van der Waals surface area (Å²) < 4.78 is 0. The maximum Gasteiger partial charge on any atom is 0.326 e. The molecule has 10 heteroatoms. The summed E-state index contributed by atoms with van der Waals surface area (Å²) in [5.41, 5.74) is 8.60. The van der Waals surface area contributed by atoms with Crippen LogP contribution in [0, 0.1) is 5.92 Å². The number of carboxylic acid groups (broad SMARTS) is 1. The second-order valence-corrected chi connectivity index (χ2v) is 8.08. The molecule has 1 aromatic carbocycles. The van der Waals surface area contributed by atoms with Gasteiger partial charge in [0.15, 0.2) is 0 Å². The van der Waals surface area contributed by atoms with Crippen LogP contribution in [0.3, 0.4) is 0 Å². The highest BCUT2D eigenvalue weighted by Gasteiger charge is 2.30. The van der Waals surface area contributed by atoms with Crippen molar-refractivity contribution in [3.05, 3.63) is 54.2 Å². The zero-order valence-corrected chi connectivity index (χ0v) is 18.0. The van der Waals surface area contributed by atoms with Crippen LogP contribution in [0.15, 0.2) is 43.0 Å². The summed E-state index contributed by atoms with van der Waals surface area (Å²) in [5.74, 6) is -2.58. The van der Waals surface area contributed by atoms with E-state index in [-0.39, 0.29) is 18.8 Å². The molecule has 170 valence electrons. The first-order valence-electron chi connectivity index (χ1n) is 10.4. The summed E-state index contributed by atoms with van der Waals surface area (Å²) in [5, 5.41) is 15.5. The van der Waals surface area contributed by atoms with Crippen molar-refractivity contribution in [3.8, 4) is 0 Å². The second kappa shape index (κ2) is 10.1. The number of nitrogens with two attached hydrogens (primary N) is 1. The van der Waals surface area contributed by atoms with E-state index < -0.39 is 35.9 Å². The molecule has 3 atom stereocenters. The number of imidazole rings is 1. The van der Waals surface area contributed by atoms with Crippen molar-refractivity contribution in [2.45, 2.75) is 44.8 Å². The molecule has 0 saturated carbocycles. The number of benzene rings is 1. The Labute approximate surface area is 185 Å². The van der Waals surface area contributed by atoms with E-state index in [1.165, 1.54) is 12.5 Å². The van der Waals surface area contributed by atoms with Crippen LogP contribution in [-0.4, -0.2) is 56.0 Å². The highest BCUT2D eigenvalue weighted by atomic mass is 16.4. The summed E-state index contributed by atoms with van der Waals surface area (Å²) in [6, 6.07) is 4.70. The van der Waals surface area contributed by atoms with Gasteiger partial charge in [0.1, 0.15) is 12.1 Å². The molecule has 32 heavy (non-hydrogen) atoms. The van der Waals surface area contributed by atoms with Crippen LogP contribution in [0.5, 0.6) is 0 Å². The van der Waals surface area contributed by atoms with E-state index in [0.717, 1.165) is 16.5 Å². The number of rotatable bonds is 10. The SMILES string of the molecule is CC(C)[C@H](NC(=O)[C@H](Cc1cnc[nH]1)NC(=O)[C@@H](N)Cc1c[nH]c2ccccc12)C(=O)O. The molecule has 0 fully saturated rings. The number of para-hydroxylation sites is 1. The van der Waals surface area contributed by atoms with Gasteiger partial charge in [-0.05, 0) is 24.0 Å². The van der Waals surface area contributed by atoms with Gasteiger partial charge in [0, 0.05) is 35.4 Å². The molecule has 2 aromatic heterocycles. The summed E-state index contributed by atoms with van der Waals surface area (Å²) in [6.07, 6.45) is 5.20. The molecule has 0 aliphatic carbocycles. The fraction of sp³-hybridized carbons (Fsp3) is 0.364. The Morgan fingerprint density at radius 2 is 1.84 bits per heavy atom. The molecule has 0 radical (unpaired) electrons. The van der Waals surface area contributed by atoms with E-state index in [0.29, 0.717) is 5.69 Å². The van der Waals surface area contributed by atoms with Crippen LogP contribution in [0.25, 0.3) is 10.9 Å². The largest absolute Gasteiger partial charge is 0.480 e. The first-order valence-corrected chi connectivity index (χ1v) is 10.4. The monoisotopic (exact) mass is 440 g/mol. The number of nitrogens with one attached hydrogen (secondary N) is 4. The molecule has 10 nitrogen and oxygen atoms in total. The third kappa shape index (κ3) is 5.52. The lowest BCUT2D eigenvalue weighted by atomic mass is 10.0. The second-order valence-electron chi connectivity index (χ2n) is 8.08. The highest BCUT2D eigenvalue weighted by Crippen LogP contribution is 2.18. The number of H-pyrrole nitrogens is 2. The number of carbonyl (C=O) groups is 3. The van der Waals surface area contributed by atoms with Gasteiger partial charge in [-0.25, -0.2) is 9.78 Å². The quantitative estimate of drug-likeness (QED) is 0.272. The number of nitrogens with zero attached hydrogens (tertiary/aromatic N) is 1. The molecule has 2 heterocycles. The van der Waals surface area contributed by atoms with Crippen LogP contribution in [0.2, 0.25) is 0 Å². The number of aliphatic carboxylic acids is 1. The first-order chi connectivity index (χ1) is 15.3. The van der Waals surface area contributed by atoms with Crippen molar-refractivity contribution in [2.75, 3.05) is 0 Å². The average Bonchev–Trinajstić information content (AvgIpc) is 3.41. The van der Waals surface area contributed by atoms with Crippen molar-refractivity contribution in [2.24, 2.45) is 11.7 Å². The van der Waals surface area contributed by atoms with E-state index in [1.54, 1.807) is 13.8 Å². The molecule has 7 N–H and O–H groups in total. The van der Waals surface area contributed by atoms with E-state index in [1.807, 2.05) is 30.5 Å². The third-order valence-corrected chi connectivity index (χ3v) is 5.29. The van der Waals surface area contributed by atoms with Gasteiger partial charge in [0.05, 0.1) is 12.4 Å². The van der Waals surface area contributed by atoms with Crippen LogP contribution in [0.4, 0.5) is 0 Å². The van der Waals surface area contributed by atoms with Gasteiger partial charge < -0.3 is 31.4 Å². The number of aromatic amines is 2. The van der Waals surface area contributed by atoms with Crippen molar-refractivity contribution in [1.82, 2.24) is 25.6 Å². The lowest BCUT2D eigenvalue weighted by Gasteiger charge is -2.24. The molecule has 3 aromatic rings. The van der Waals surface area contributed by atoms with E-state index in [4.69, 9.17) is 5.73 Å². The molecule has 0 saturated heterocycles. The van der Waals surface area contributed by atoms with Crippen LogP contribution >= 0.6 is 0 Å². The van der Waals surface area contributed by atoms with Crippen LogP contribution in [-0.2, 0) is 27.2 Å². The Hall–Kier alpha value is -3.66. The van der Waals surface area contributed by atoms with Crippen molar-refractivity contribution < 1.29 is 19.5 Å². The molecule has 0 aliphatic rings. The van der Waals surface area contributed by atoms with Gasteiger partial charge in [-0.2, -0.15) is 0 Å². The maximum atomic E-state index is 12.9. The van der Waals surface area contributed by atoms with Gasteiger partial charge in [0.2, 0.25) is 11.8 Å². The minimum Gasteiger partial charge on any atom is -0.480 e. The molecule has 3 rings (SSSR count). The number of carbonyl (C=O) groups excluding carboxylic acids is 2. The molecular formula is C22H28N6O4. The molecular weight excluding hydrogens is 412 g/mol. The minimum absolute atomic E-state index is 0.113. The Kier molecular flexibility index (Phi) is 7.26. The fourth-order valence-corrected chi connectivity index (χ4v) is 3.50. The van der Waals surface area contributed by atoms with Gasteiger partial charge in [-0.1, -0.05) is 32.0 Å². The average molecular weight is 441 g/mol. The van der Waals surface area contributed by atoms with Gasteiger partial charge in [-0.15, -0.1) is 0 Å². The smallest absolute Gasteiger partial charge is 0.326 e. The first kappa shape index (κ1) is 23.0. The lowest BCUT2D eigenvalue weighted by molar-refractivity contribution is -0.143. The zero-order valence-electron chi connectivity index (χ0n) is 18.0. The zero-order chi connectivity index (χ0) is 23.3. The molecule has 2 amide bonds. The molecule has 0 spiro atoms. The van der Waals surface area contributed by atoms with Gasteiger partial charge in [-0.3, -0.25) is 9.59 Å². The Balaban J connectivity index is 1.72. The van der Waals surface area contributed by atoms with Crippen molar-refractivity contribution in [1.29, 1.82) is 0 Å². The summed E-state index contributed by atoms with van der Waals surface area (Å²) >= 11 is 0.